The number of aromatic nitrogens is 12. The van der Waals surface area contributed by atoms with Crippen molar-refractivity contribution in [3.05, 3.63) is 38.0 Å². The van der Waals surface area contributed by atoms with Crippen molar-refractivity contribution in [2.75, 3.05) is 57.9 Å². The van der Waals surface area contributed by atoms with Crippen molar-refractivity contribution < 1.29 is 75.8 Å². The lowest BCUT2D eigenvalue weighted by Gasteiger charge is -2.29. The molecule has 36 heteroatoms. The van der Waals surface area contributed by atoms with Crippen LogP contribution < -0.4 is 17.2 Å². The second kappa shape index (κ2) is 20.1. The average molecular weight is 1080 g/mol. The Hall–Kier alpha value is -4.02. The van der Waals surface area contributed by atoms with Crippen LogP contribution in [-0.2, 0) is 74.5 Å². The van der Waals surface area contributed by atoms with E-state index < -0.39 is 108 Å². The highest BCUT2D eigenvalue weighted by atomic mass is 32.5. The van der Waals surface area contributed by atoms with Crippen LogP contribution in [-0.4, -0.2) is 179 Å². The molecule has 31 nitrogen and oxygen atoms in total. The summed E-state index contributed by atoms with van der Waals surface area (Å²) in [6, 6.07) is 0. The molecule has 0 aromatic carbocycles. The number of aliphatic hydroxyl groups excluding tert-OH is 2. The number of ether oxygens (including phenoxy) is 5. The monoisotopic (exact) mass is 1080 g/mol. The SMILES string of the molecule is COC1C(CCP(=O)(O)OC)OC(n2cnc3c(N)ncnc32)C1OP(O)(=S)OCC1OC(n2cnc3c(N)ncnc32)C(OP(O)(=S)OCC2OC(n3cnc4c(N)ncnc43)C(O)C2O)C1OC. The highest BCUT2D eigenvalue weighted by molar-refractivity contribution is 8.07. The molecule has 3 fully saturated rings. The third-order valence-electron chi connectivity index (χ3n) is 11.7. The van der Waals surface area contributed by atoms with E-state index in [1.165, 1.54) is 65.9 Å². The first-order valence-electron chi connectivity index (χ1n) is 20.7. The molecule has 6 aromatic rings. The van der Waals surface area contributed by atoms with Crippen molar-refractivity contribution in [3.63, 3.8) is 0 Å². The van der Waals surface area contributed by atoms with Gasteiger partial charge in [-0.2, -0.15) is 0 Å². The van der Waals surface area contributed by atoms with Gasteiger partial charge in [0.05, 0.1) is 44.5 Å². The Labute approximate surface area is 404 Å². The first-order chi connectivity index (χ1) is 33.3. The van der Waals surface area contributed by atoms with Gasteiger partial charge in [-0.15, -0.1) is 0 Å². The molecule has 0 aliphatic carbocycles. The van der Waals surface area contributed by atoms with Crippen LogP contribution in [0.2, 0.25) is 0 Å². The predicted molar refractivity (Wildman–Crippen MR) is 246 cm³/mol. The van der Waals surface area contributed by atoms with Crippen LogP contribution in [0.15, 0.2) is 38.0 Å². The van der Waals surface area contributed by atoms with E-state index >= 15 is 0 Å². The van der Waals surface area contributed by atoms with Gasteiger partial charge in [0.15, 0.2) is 53.1 Å². The third kappa shape index (κ3) is 9.92. The van der Waals surface area contributed by atoms with E-state index in [0.717, 1.165) is 7.11 Å². The molecule has 3 saturated heterocycles. The summed E-state index contributed by atoms with van der Waals surface area (Å²) >= 11 is 11.0. The number of aliphatic hydroxyl groups is 2. The first-order valence-corrected chi connectivity index (χ1v) is 27.6. The molecule has 15 atom stereocenters. The number of rotatable bonds is 19. The molecule has 0 radical (unpaired) electrons. The van der Waals surface area contributed by atoms with Crippen LogP contribution >= 0.6 is 21.0 Å². The van der Waals surface area contributed by atoms with E-state index in [9.17, 15) is 29.5 Å². The number of nitrogen functional groups attached to an aromatic ring is 3. The fraction of sp³-hybridized carbons (Fsp3) is 0.559. The summed E-state index contributed by atoms with van der Waals surface area (Å²) in [4.78, 5) is 71.0. The third-order valence-corrected chi connectivity index (χ3v) is 16.2. The normalized spacial score (nSPS) is 30.9. The molecule has 380 valence electrons. The van der Waals surface area contributed by atoms with Gasteiger partial charge in [-0.25, -0.2) is 44.9 Å². The van der Waals surface area contributed by atoms with Crippen molar-refractivity contribution in [3.8, 4) is 0 Å². The zero-order valence-electron chi connectivity index (χ0n) is 36.7. The summed E-state index contributed by atoms with van der Waals surface area (Å²) in [6.07, 6.45) is -7.69. The number of hydrogen-bond acceptors (Lipinski definition) is 27. The minimum atomic E-state index is -4.38. The Morgan fingerprint density at radius 1 is 0.586 bits per heavy atom. The second-order valence-corrected chi connectivity index (χ2v) is 23.5. The van der Waals surface area contributed by atoms with Crippen molar-refractivity contribution in [1.29, 1.82) is 0 Å². The predicted octanol–water partition coefficient (Wildman–Crippen LogP) is -0.844. The number of methoxy groups -OCH3 is 2. The molecule has 15 unspecified atom stereocenters. The van der Waals surface area contributed by atoms with Crippen LogP contribution in [0.4, 0.5) is 17.5 Å². The average Bonchev–Trinajstić information content (AvgIpc) is 4.19. The van der Waals surface area contributed by atoms with Gasteiger partial charge in [-0.1, -0.05) is 0 Å². The fourth-order valence-electron chi connectivity index (χ4n) is 8.38. The molecule has 9 heterocycles. The lowest BCUT2D eigenvalue weighted by molar-refractivity contribution is -0.0591. The van der Waals surface area contributed by atoms with E-state index in [2.05, 4.69) is 44.9 Å². The topological polar surface area (TPSA) is 419 Å². The Morgan fingerprint density at radius 2 is 0.986 bits per heavy atom. The van der Waals surface area contributed by atoms with Gasteiger partial charge < -0.3 is 79.3 Å². The highest BCUT2D eigenvalue weighted by Crippen LogP contribution is 2.54. The maximum Gasteiger partial charge on any atom is 0.327 e. The van der Waals surface area contributed by atoms with E-state index in [0.29, 0.717) is 0 Å². The van der Waals surface area contributed by atoms with Gasteiger partial charge in [0.25, 0.3) is 0 Å². The summed E-state index contributed by atoms with van der Waals surface area (Å²) < 4.78 is 75.9. The summed E-state index contributed by atoms with van der Waals surface area (Å²) in [6.45, 7) is -9.87. The van der Waals surface area contributed by atoms with Gasteiger partial charge in [-0.3, -0.25) is 27.3 Å². The molecule has 3 aliphatic rings. The van der Waals surface area contributed by atoms with Crippen molar-refractivity contribution in [2.24, 2.45) is 0 Å². The van der Waals surface area contributed by atoms with Gasteiger partial charge in [-0.05, 0) is 30.0 Å². The second-order valence-electron chi connectivity index (χ2n) is 15.8. The zero-order valence-corrected chi connectivity index (χ0v) is 41.0. The molecule has 11 N–H and O–H groups in total. The summed E-state index contributed by atoms with van der Waals surface area (Å²) in [5.74, 6) is 0.201. The Kier molecular flexibility index (Phi) is 14.6. The van der Waals surface area contributed by atoms with E-state index in [-0.39, 0.29) is 63.5 Å². The standard InChI is InChI=1S/C34H46N15O16P3S2/c1-56-22-14(4-5-66(52,53)58-3)61-33(48-12-45-18-27(36)39-9-42-30(18)48)24(22)64-68(55,70)60-7-16-23(57-2)25(34(63-16)49-13-46-19-28(37)40-10-43-31(19)49)65-67(54,69)59-6-15-20(50)21(51)32(62-15)47-11-44-17-26(35)38-8-41-29(17)47/h8-16,20-25,32-34,50-51H,4-7H2,1-3H3,(H,52,53)(H,54,69)(H,55,70)(H2,35,38,41)(H2,36,39,42)(H2,37,40,43). The maximum absolute atomic E-state index is 12.5. The Morgan fingerprint density at radius 3 is 1.43 bits per heavy atom. The van der Waals surface area contributed by atoms with E-state index in [4.69, 9.17) is 87.1 Å². The van der Waals surface area contributed by atoms with E-state index in [1.54, 1.807) is 0 Å². The molecule has 3 aliphatic heterocycles. The lowest BCUT2D eigenvalue weighted by Crippen LogP contribution is -2.38. The fourth-order valence-corrected chi connectivity index (χ4v) is 12.0. The van der Waals surface area contributed by atoms with Crippen LogP contribution in [0.25, 0.3) is 33.5 Å². The minimum absolute atomic E-state index is 0.0424. The van der Waals surface area contributed by atoms with Crippen LogP contribution in [0.5, 0.6) is 0 Å². The van der Waals surface area contributed by atoms with Crippen molar-refractivity contribution >= 4 is 95.6 Å². The number of anilines is 3. The minimum Gasteiger partial charge on any atom is -0.387 e. The number of nitrogens with two attached hydrogens (primary N) is 3. The number of nitrogens with zero attached hydrogens (tertiary/aromatic N) is 12. The Balaban J connectivity index is 0.940. The number of imidazole rings is 3. The summed E-state index contributed by atoms with van der Waals surface area (Å²) in [5, 5.41) is 22.0. The lowest BCUT2D eigenvalue weighted by atomic mass is 10.1. The van der Waals surface area contributed by atoms with Crippen molar-refractivity contribution in [1.82, 2.24) is 58.6 Å². The smallest absolute Gasteiger partial charge is 0.327 e. The summed E-state index contributed by atoms with van der Waals surface area (Å²) in [7, 11) is -0.245. The maximum atomic E-state index is 12.5. The molecular formula is C34H46N15O16P3S2. The highest BCUT2D eigenvalue weighted by Gasteiger charge is 2.53. The molecule has 70 heavy (non-hydrogen) atoms. The van der Waals surface area contributed by atoms with Gasteiger partial charge in [0.1, 0.15) is 84.4 Å². The molecule has 0 spiro atoms. The van der Waals surface area contributed by atoms with Crippen LogP contribution in [0.3, 0.4) is 0 Å². The first kappa shape index (κ1) is 50.9. The summed E-state index contributed by atoms with van der Waals surface area (Å²) in [5.41, 5.74) is 19.4. The number of hydrogen-bond donors (Lipinski definition) is 8. The molecular weight excluding hydrogens is 1030 g/mol. The zero-order chi connectivity index (χ0) is 49.9. The quantitative estimate of drug-likeness (QED) is 0.0458. The molecule has 0 amide bonds. The van der Waals surface area contributed by atoms with Crippen LogP contribution in [0.1, 0.15) is 25.1 Å². The number of fused-ring (bicyclic) bond motifs is 3. The van der Waals surface area contributed by atoms with Gasteiger partial charge in [0.2, 0.25) is 0 Å². The Bertz CT molecular complexity index is 3010. The molecule has 0 saturated carbocycles. The van der Waals surface area contributed by atoms with E-state index in [1.807, 2.05) is 0 Å². The molecule has 9 rings (SSSR count). The molecule has 0 bridgehead atoms. The molecule has 6 aromatic heterocycles. The van der Waals surface area contributed by atoms with Crippen LogP contribution in [0, 0.1) is 0 Å². The van der Waals surface area contributed by atoms with Gasteiger partial charge >= 0.3 is 21.0 Å². The largest absolute Gasteiger partial charge is 0.387 e. The van der Waals surface area contributed by atoms with Crippen molar-refractivity contribution in [2.45, 2.75) is 80.0 Å². The van der Waals surface area contributed by atoms with Gasteiger partial charge in [0, 0.05) is 21.3 Å².